The van der Waals surface area contributed by atoms with E-state index in [0.29, 0.717) is 28.3 Å². The van der Waals surface area contributed by atoms with Gasteiger partial charge in [-0.1, -0.05) is 0 Å². The molecule has 1 aromatic heterocycles. The Morgan fingerprint density at radius 3 is 2.61 bits per heavy atom. The third kappa shape index (κ3) is 4.80. The van der Waals surface area contributed by atoms with Gasteiger partial charge < -0.3 is 9.84 Å². The number of esters is 1. The number of rotatable bonds is 7. The van der Waals surface area contributed by atoms with Crippen LogP contribution in [0.4, 0.5) is 8.78 Å². The number of hydrogen-bond donors (Lipinski definition) is 1. The molecule has 0 unspecified atom stereocenters. The molecule has 0 aliphatic carbocycles. The summed E-state index contributed by atoms with van der Waals surface area (Å²) in [4.78, 5) is 16.9. The number of aliphatic hydroxyl groups is 1. The number of aliphatic hydroxyl groups excluding tert-OH is 1. The van der Waals surface area contributed by atoms with E-state index in [1.165, 1.54) is 23.5 Å². The lowest BCUT2D eigenvalue weighted by atomic mass is 10.1. The fourth-order valence-electron chi connectivity index (χ4n) is 2.13. The Morgan fingerprint density at radius 2 is 2.00 bits per heavy atom. The minimum atomic E-state index is -0.650. The number of aryl methyl sites for hydroxylation is 1. The predicted molar refractivity (Wildman–Crippen MR) is 82.6 cm³/mol. The second-order valence-electron chi connectivity index (χ2n) is 4.88. The fourth-order valence-corrected chi connectivity index (χ4v) is 3.26. The van der Waals surface area contributed by atoms with E-state index in [4.69, 9.17) is 9.84 Å². The first kappa shape index (κ1) is 17.5. The Morgan fingerprint density at radius 1 is 1.30 bits per heavy atom. The van der Waals surface area contributed by atoms with Crippen molar-refractivity contribution >= 4 is 17.3 Å². The van der Waals surface area contributed by atoms with E-state index in [1.807, 2.05) is 0 Å². The van der Waals surface area contributed by atoms with E-state index in [2.05, 4.69) is 4.98 Å². The van der Waals surface area contributed by atoms with Crippen LogP contribution in [0.15, 0.2) is 18.2 Å². The molecule has 0 radical (unpaired) electrons. The quantitative estimate of drug-likeness (QED) is 0.786. The van der Waals surface area contributed by atoms with Gasteiger partial charge in [0, 0.05) is 24.0 Å². The van der Waals surface area contributed by atoms with Gasteiger partial charge in [0.25, 0.3) is 0 Å². The summed E-state index contributed by atoms with van der Waals surface area (Å²) in [6.45, 7) is 1.94. The first-order chi connectivity index (χ1) is 11.0. The Bertz CT molecular complexity index is 668. The molecule has 0 saturated carbocycles. The number of aromatic nitrogens is 1. The zero-order valence-corrected chi connectivity index (χ0v) is 13.5. The van der Waals surface area contributed by atoms with E-state index < -0.39 is 17.6 Å². The molecular weight excluding hydrogens is 324 g/mol. The van der Waals surface area contributed by atoms with Crippen LogP contribution in [0.2, 0.25) is 0 Å². The molecule has 0 amide bonds. The maximum atomic E-state index is 13.3. The molecule has 1 N–H and O–H groups in total. The molecule has 0 aliphatic rings. The van der Waals surface area contributed by atoms with Crippen molar-refractivity contribution in [2.24, 2.45) is 0 Å². The smallest absolute Gasteiger partial charge is 0.358 e. The van der Waals surface area contributed by atoms with E-state index in [0.717, 1.165) is 6.07 Å². The molecule has 0 saturated heterocycles. The van der Waals surface area contributed by atoms with Gasteiger partial charge in [0.2, 0.25) is 0 Å². The Kier molecular flexibility index (Phi) is 6.18. The van der Waals surface area contributed by atoms with E-state index in [-0.39, 0.29) is 25.3 Å². The highest BCUT2D eigenvalue weighted by molar-refractivity contribution is 7.12. The average Bonchev–Trinajstić information content (AvgIpc) is 2.87. The number of ether oxygens (including phenoxy) is 1. The molecular formula is C16H17F2NO3S. The van der Waals surface area contributed by atoms with Gasteiger partial charge in [0.1, 0.15) is 11.6 Å². The highest BCUT2D eigenvalue weighted by Gasteiger charge is 2.19. The van der Waals surface area contributed by atoms with Crippen molar-refractivity contribution in [1.82, 2.24) is 4.98 Å². The standard InChI is InChI=1S/C16H17F2NO3S/c1-2-22-16(21)15-13(4-3-5-20)23-14(19-15)8-10-6-11(17)9-12(18)7-10/h6-7,9,20H,2-5,8H2,1H3. The summed E-state index contributed by atoms with van der Waals surface area (Å²) in [5, 5.41) is 9.52. The second-order valence-corrected chi connectivity index (χ2v) is 6.05. The number of carbonyl (C=O) groups is 1. The third-order valence-corrected chi connectivity index (χ3v) is 4.17. The fraction of sp³-hybridized carbons (Fsp3) is 0.375. The number of carbonyl (C=O) groups excluding carboxylic acids is 1. The van der Waals surface area contributed by atoms with Gasteiger partial charge in [-0.3, -0.25) is 0 Å². The Hall–Kier alpha value is -1.86. The summed E-state index contributed by atoms with van der Waals surface area (Å²) in [6, 6.07) is 3.28. The van der Waals surface area contributed by atoms with Gasteiger partial charge in [0.05, 0.1) is 11.6 Å². The molecule has 7 heteroatoms. The van der Waals surface area contributed by atoms with E-state index in [1.54, 1.807) is 6.92 Å². The van der Waals surface area contributed by atoms with Crippen LogP contribution in [0, 0.1) is 11.6 Å². The highest BCUT2D eigenvalue weighted by Crippen LogP contribution is 2.24. The number of halogens is 2. The van der Waals surface area contributed by atoms with Crippen LogP contribution in [0.1, 0.15) is 39.3 Å². The molecule has 2 aromatic rings. The topological polar surface area (TPSA) is 59.4 Å². The maximum Gasteiger partial charge on any atom is 0.358 e. The van der Waals surface area contributed by atoms with Crippen LogP contribution >= 0.6 is 11.3 Å². The Balaban J connectivity index is 2.26. The summed E-state index contributed by atoms with van der Waals surface area (Å²) in [5.74, 6) is -1.82. The molecule has 2 rings (SSSR count). The van der Waals surface area contributed by atoms with Crippen LogP contribution in [0.25, 0.3) is 0 Å². The lowest BCUT2D eigenvalue weighted by molar-refractivity contribution is 0.0518. The van der Waals surface area contributed by atoms with Gasteiger partial charge in [-0.25, -0.2) is 18.6 Å². The van der Waals surface area contributed by atoms with Crippen molar-refractivity contribution in [3.63, 3.8) is 0 Å². The number of thiazole rings is 1. The van der Waals surface area contributed by atoms with Crippen LogP contribution < -0.4 is 0 Å². The Labute approximate surface area is 136 Å². The summed E-state index contributed by atoms with van der Waals surface area (Å²) < 4.78 is 31.5. The number of hydrogen-bond acceptors (Lipinski definition) is 5. The molecule has 0 fully saturated rings. The van der Waals surface area contributed by atoms with Crippen LogP contribution in [-0.4, -0.2) is 29.3 Å². The average molecular weight is 341 g/mol. The summed E-state index contributed by atoms with van der Waals surface area (Å²) in [5.41, 5.74) is 0.664. The van der Waals surface area contributed by atoms with Gasteiger partial charge >= 0.3 is 5.97 Å². The van der Waals surface area contributed by atoms with Gasteiger partial charge in [0.15, 0.2) is 5.69 Å². The largest absolute Gasteiger partial charge is 0.461 e. The maximum absolute atomic E-state index is 13.3. The highest BCUT2D eigenvalue weighted by atomic mass is 32.1. The first-order valence-electron chi connectivity index (χ1n) is 7.25. The summed E-state index contributed by atoms with van der Waals surface area (Å²) >= 11 is 1.29. The molecule has 0 aliphatic heterocycles. The van der Waals surface area contributed by atoms with Crippen molar-refractivity contribution < 1.29 is 23.4 Å². The van der Waals surface area contributed by atoms with E-state index >= 15 is 0 Å². The molecule has 124 valence electrons. The number of benzene rings is 1. The lowest BCUT2D eigenvalue weighted by Gasteiger charge is -2.01. The molecule has 1 aromatic carbocycles. The molecule has 1 heterocycles. The summed E-state index contributed by atoms with van der Waals surface area (Å²) in [7, 11) is 0. The van der Waals surface area contributed by atoms with Gasteiger partial charge in [-0.05, 0) is 37.5 Å². The van der Waals surface area contributed by atoms with Crippen molar-refractivity contribution in [3.8, 4) is 0 Å². The molecule has 23 heavy (non-hydrogen) atoms. The second kappa shape index (κ2) is 8.12. The van der Waals surface area contributed by atoms with Crippen molar-refractivity contribution in [3.05, 3.63) is 51.0 Å². The van der Waals surface area contributed by atoms with Crippen molar-refractivity contribution in [1.29, 1.82) is 0 Å². The molecule has 0 spiro atoms. The van der Waals surface area contributed by atoms with Crippen LogP contribution in [-0.2, 0) is 17.6 Å². The molecule has 4 nitrogen and oxygen atoms in total. The van der Waals surface area contributed by atoms with Crippen molar-refractivity contribution in [2.45, 2.75) is 26.2 Å². The van der Waals surface area contributed by atoms with Crippen LogP contribution in [0.5, 0.6) is 0 Å². The molecule has 0 atom stereocenters. The summed E-state index contributed by atoms with van der Waals surface area (Å²) in [6.07, 6.45) is 1.23. The normalized spacial score (nSPS) is 10.8. The lowest BCUT2D eigenvalue weighted by Crippen LogP contribution is -2.08. The number of nitrogens with zero attached hydrogens (tertiary/aromatic N) is 1. The predicted octanol–water partition coefficient (Wildman–Crippen LogP) is 3.11. The minimum absolute atomic E-state index is 0.00457. The third-order valence-electron chi connectivity index (χ3n) is 3.05. The zero-order valence-electron chi connectivity index (χ0n) is 12.6. The van der Waals surface area contributed by atoms with Gasteiger partial charge in [-0.2, -0.15) is 0 Å². The minimum Gasteiger partial charge on any atom is -0.461 e. The molecule has 0 bridgehead atoms. The van der Waals surface area contributed by atoms with Crippen LogP contribution in [0.3, 0.4) is 0 Å². The zero-order chi connectivity index (χ0) is 16.8. The SMILES string of the molecule is CCOC(=O)c1nc(Cc2cc(F)cc(F)c2)sc1CCCO. The first-order valence-corrected chi connectivity index (χ1v) is 8.06. The monoisotopic (exact) mass is 341 g/mol. The van der Waals surface area contributed by atoms with E-state index in [9.17, 15) is 13.6 Å². The van der Waals surface area contributed by atoms with Gasteiger partial charge in [-0.15, -0.1) is 11.3 Å². The van der Waals surface area contributed by atoms with Crippen molar-refractivity contribution in [2.75, 3.05) is 13.2 Å².